The fourth-order valence-electron chi connectivity index (χ4n) is 3.13. The summed E-state index contributed by atoms with van der Waals surface area (Å²) in [5, 5.41) is 2.99. The lowest BCUT2D eigenvalue weighted by Gasteiger charge is -2.13. The number of unbranched alkanes of at least 4 members (excludes halogenated alkanes) is 1. The van der Waals surface area contributed by atoms with E-state index in [0.717, 1.165) is 29.7 Å². The number of methoxy groups -OCH3 is 2. The van der Waals surface area contributed by atoms with Gasteiger partial charge in [-0.3, -0.25) is 4.79 Å². The maximum Gasteiger partial charge on any atom is 0.268 e. The summed E-state index contributed by atoms with van der Waals surface area (Å²) in [5.74, 6) is 2.15. The number of nitrogens with zero attached hydrogens (tertiary/aromatic N) is 1. The molecule has 0 bridgehead atoms. The molecule has 3 aromatic rings. The van der Waals surface area contributed by atoms with E-state index in [0.29, 0.717) is 35.9 Å². The molecule has 0 saturated heterocycles. The van der Waals surface area contributed by atoms with Crippen molar-refractivity contribution in [2.75, 3.05) is 20.8 Å². The quantitative estimate of drug-likeness (QED) is 0.605. The Bertz CT molecular complexity index is 917. The van der Waals surface area contributed by atoms with Gasteiger partial charge in [0.15, 0.2) is 5.58 Å². The SMILES string of the molecule is CCCCNC(=O)c1cc2oc(C)cc2n1Cc1cc(OC)cc(OC)c1. The van der Waals surface area contributed by atoms with Crippen molar-refractivity contribution < 1.29 is 18.7 Å². The van der Waals surface area contributed by atoms with Gasteiger partial charge in [0.1, 0.15) is 23.0 Å². The number of hydrogen-bond acceptors (Lipinski definition) is 4. The third kappa shape index (κ3) is 4.10. The molecule has 1 N–H and O–H groups in total. The first kappa shape index (κ1) is 18.9. The van der Waals surface area contributed by atoms with Crippen LogP contribution in [0.3, 0.4) is 0 Å². The van der Waals surface area contributed by atoms with Crippen molar-refractivity contribution >= 4 is 17.0 Å². The highest BCUT2D eigenvalue weighted by Gasteiger charge is 2.19. The van der Waals surface area contributed by atoms with Gasteiger partial charge in [0.05, 0.1) is 19.7 Å². The number of furan rings is 1. The van der Waals surface area contributed by atoms with Crippen LogP contribution in [-0.4, -0.2) is 31.2 Å². The average molecular weight is 370 g/mol. The van der Waals surface area contributed by atoms with E-state index in [1.807, 2.05) is 35.8 Å². The van der Waals surface area contributed by atoms with E-state index in [2.05, 4.69) is 12.2 Å². The highest BCUT2D eigenvalue weighted by molar-refractivity contribution is 5.97. The number of aromatic nitrogens is 1. The summed E-state index contributed by atoms with van der Waals surface area (Å²) in [5.41, 5.74) is 3.17. The summed E-state index contributed by atoms with van der Waals surface area (Å²) in [6.07, 6.45) is 1.99. The molecule has 144 valence electrons. The summed E-state index contributed by atoms with van der Waals surface area (Å²) < 4.78 is 18.4. The van der Waals surface area contributed by atoms with Crippen LogP contribution in [0.25, 0.3) is 11.1 Å². The van der Waals surface area contributed by atoms with Crippen LogP contribution in [0.2, 0.25) is 0 Å². The lowest BCUT2D eigenvalue weighted by molar-refractivity contribution is 0.0944. The maximum atomic E-state index is 12.7. The molecule has 0 aliphatic heterocycles. The van der Waals surface area contributed by atoms with E-state index in [4.69, 9.17) is 13.9 Å². The normalized spacial score (nSPS) is 11.0. The number of carbonyl (C=O) groups is 1. The first-order valence-electron chi connectivity index (χ1n) is 9.15. The number of nitrogens with one attached hydrogen (secondary N) is 1. The van der Waals surface area contributed by atoms with Crippen molar-refractivity contribution in [3.8, 4) is 11.5 Å². The van der Waals surface area contributed by atoms with E-state index in [9.17, 15) is 4.79 Å². The van der Waals surface area contributed by atoms with Crippen molar-refractivity contribution in [3.05, 3.63) is 47.3 Å². The highest BCUT2D eigenvalue weighted by atomic mass is 16.5. The molecule has 3 rings (SSSR count). The molecular weight excluding hydrogens is 344 g/mol. The summed E-state index contributed by atoms with van der Waals surface area (Å²) in [7, 11) is 3.25. The van der Waals surface area contributed by atoms with Crippen LogP contribution in [0.4, 0.5) is 0 Å². The Labute approximate surface area is 159 Å². The van der Waals surface area contributed by atoms with Gasteiger partial charge < -0.3 is 23.8 Å². The first-order chi connectivity index (χ1) is 13.0. The van der Waals surface area contributed by atoms with Gasteiger partial charge in [-0.1, -0.05) is 13.3 Å². The zero-order valence-corrected chi connectivity index (χ0v) is 16.3. The molecule has 0 spiro atoms. The maximum absolute atomic E-state index is 12.7. The predicted molar refractivity (Wildman–Crippen MR) is 105 cm³/mol. The lowest BCUT2D eigenvalue weighted by atomic mass is 10.2. The molecule has 0 aliphatic carbocycles. The molecule has 0 radical (unpaired) electrons. The largest absolute Gasteiger partial charge is 0.497 e. The van der Waals surface area contributed by atoms with E-state index in [-0.39, 0.29) is 5.91 Å². The van der Waals surface area contributed by atoms with Gasteiger partial charge in [0.25, 0.3) is 5.91 Å². The predicted octanol–water partition coefficient (Wildman–Crippen LogP) is 4.14. The molecule has 0 unspecified atom stereocenters. The Balaban J connectivity index is 1.99. The van der Waals surface area contributed by atoms with Crippen molar-refractivity contribution in [1.82, 2.24) is 9.88 Å². The number of fused-ring (bicyclic) bond motifs is 1. The summed E-state index contributed by atoms with van der Waals surface area (Å²) >= 11 is 0. The van der Waals surface area contributed by atoms with Crippen LogP contribution in [0.1, 0.15) is 41.6 Å². The van der Waals surface area contributed by atoms with Crippen molar-refractivity contribution in [2.24, 2.45) is 0 Å². The van der Waals surface area contributed by atoms with E-state index < -0.39 is 0 Å². The van der Waals surface area contributed by atoms with Crippen LogP contribution in [0.15, 0.2) is 34.7 Å². The first-order valence-corrected chi connectivity index (χ1v) is 9.15. The Hall–Kier alpha value is -2.89. The summed E-state index contributed by atoms with van der Waals surface area (Å²) in [6.45, 7) is 5.17. The van der Waals surface area contributed by atoms with Gasteiger partial charge in [0, 0.05) is 31.3 Å². The third-order valence-electron chi connectivity index (χ3n) is 4.51. The van der Waals surface area contributed by atoms with Gasteiger partial charge in [-0.2, -0.15) is 0 Å². The fourth-order valence-corrected chi connectivity index (χ4v) is 3.13. The minimum Gasteiger partial charge on any atom is -0.497 e. The zero-order chi connectivity index (χ0) is 19.4. The van der Waals surface area contributed by atoms with E-state index >= 15 is 0 Å². The standard InChI is InChI=1S/C21H26N2O4/c1-5-6-7-22-21(24)19-12-20-18(8-14(2)27-20)23(19)13-15-9-16(25-3)11-17(10-15)26-4/h8-12H,5-7,13H2,1-4H3,(H,22,24). The van der Waals surface area contributed by atoms with Crippen LogP contribution < -0.4 is 14.8 Å². The van der Waals surface area contributed by atoms with Gasteiger partial charge in [-0.05, 0) is 31.0 Å². The van der Waals surface area contributed by atoms with Gasteiger partial charge in [0.2, 0.25) is 0 Å². The van der Waals surface area contributed by atoms with E-state index in [1.54, 1.807) is 20.3 Å². The number of ether oxygens (including phenoxy) is 2. The Morgan fingerprint density at radius 2 is 1.81 bits per heavy atom. The number of rotatable bonds is 8. The molecule has 1 amide bonds. The van der Waals surface area contributed by atoms with E-state index in [1.165, 1.54) is 0 Å². The number of hydrogen-bond donors (Lipinski definition) is 1. The Morgan fingerprint density at radius 3 is 2.44 bits per heavy atom. The van der Waals surface area contributed by atoms with Crippen LogP contribution in [-0.2, 0) is 6.54 Å². The fraction of sp³-hybridized carbons (Fsp3) is 0.381. The highest BCUT2D eigenvalue weighted by Crippen LogP contribution is 2.28. The summed E-state index contributed by atoms with van der Waals surface area (Å²) in [6, 6.07) is 9.48. The molecule has 0 saturated carbocycles. The monoisotopic (exact) mass is 370 g/mol. The smallest absolute Gasteiger partial charge is 0.268 e. The number of benzene rings is 1. The van der Waals surface area contributed by atoms with Gasteiger partial charge in [-0.15, -0.1) is 0 Å². The molecule has 0 fully saturated rings. The Kier molecular flexibility index (Phi) is 5.74. The van der Waals surface area contributed by atoms with Crippen LogP contribution >= 0.6 is 0 Å². The molecule has 0 atom stereocenters. The molecule has 6 heteroatoms. The average Bonchev–Trinajstić information content (AvgIpc) is 3.18. The minimum absolute atomic E-state index is 0.0950. The van der Waals surface area contributed by atoms with Gasteiger partial charge in [-0.25, -0.2) is 0 Å². The van der Waals surface area contributed by atoms with Crippen molar-refractivity contribution in [1.29, 1.82) is 0 Å². The zero-order valence-electron chi connectivity index (χ0n) is 16.3. The second-order valence-corrected chi connectivity index (χ2v) is 6.55. The molecule has 27 heavy (non-hydrogen) atoms. The molecule has 6 nitrogen and oxygen atoms in total. The van der Waals surface area contributed by atoms with Crippen molar-refractivity contribution in [3.63, 3.8) is 0 Å². The molecule has 1 aromatic carbocycles. The second-order valence-electron chi connectivity index (χ2n) is 6.55. The number of amides is 1. The third-order valence-corrected chi connectivity index (χ3v) is 4.51. The topological polar surface area (TPSA) is 65.6 Å². The molecular formula is C21H26N2O4. The number of carbonyl (C=O) groups excluding carboxylic acids is 1. The Morgan fingerprint density at radius 1 is 1.11 bits per heavy atom. The summed E-state index contributed by atoms with van der Waals surface area (Å²) in [4.78, 5) is 12.7. The van der Waals surface area contributed by atoms with Crippen LogP contribution in [0.5, 0.6) is 11.5 Å². The van der Waals surface area contributed by atoms with Crippen LogP contribution in [0, 0.1) is 6.92 Å². The minimum atomic E-state index is -0.0950. The van der Waals surface area contributed by atoms with Crippen molar-refractivity contribution in [2.45, 2.75) is 33.2 Å². The molecule has 0 aliphatic rings. The lowest BCUT2D eigenvalue weighted by Crippen LogP contribution is -2.27. The number of aryl methyl sites for hydroxylation is 1. The van der Waals surface area contributed by atoms with Gasteiger partial charge >= 0.3 is 0 Å². The molecule has 2 heterocycles. The second kappa shape index (κ2) is 8.20. The molecule has 2 aromatic heterocycles.